The first-order chi connectivity index (χ1) is 11.0. The van der Waals surface area contributed by atoms with Crippen molar-refractivity contribution in [2.45, 2.75) is 51.2 Å². The molecular formula is C18H26N2OS2. The summed E-state index contributed by atoms with van der Waals surface area (Å²) in [5.74, 6) is 0.451. The summed E-state index contributed by atoms with van der Waals surface area (Å²) in [5, 5.41) is 2.90. The predicted octanol–water partition coefficient (Wildman–Crippen LogP) is 4.64. The van der Waals surface area contributed by atoms with E-state index in [0.717, 1.165) is 29.5 Å². The maximum absolute atomic E-state index is 12.5. The quantitative estimate of drug-likeness (QED) is 0.784. The van der Waals surface area contributed by atoms with Crippen LogP contribution < -0.4 is 5.32 Å². The predicted molar refractivity (Wildman–Crippen MR) is 104 cm³/mol. The Balaban J connectivity index is 1.97. The highest BCUT2D eigenvalue weighted by molar-refractivity contribution is 8.23. The van der Waals surface area contributed by atoms with Gasteiger partial charge in [0.1, 0.15) is 4.32 Å². The second-order valence-corrected chi connectivity index (χ2v) is 8.08. The average molecular weight is 351 g/mol. The van der Waals surface area contributed by atoms with Crippen molar-refractivity contribution in [3.63, 3.8) is 0 Å². The van der Waals surface area contributed by atoms with Crippen molar-refractivity contribution in [3.8, 4) is 0 Å². The van der Waals surface area contributed by atoms with Crippen LogP contribution >= 0.6 is 24.0 Å². The third-order valence-corrected chi connectivity index (χ3v) is 5.95. The van der Waals surface area contributed by atoms with Gasteiger partial charge in [0, 0.05) is 18.8 Å². The van der Waals surface area contributed by atoms with Gasteiger partial charge in [-0.25, -0.2) is 0 Å². The van der Waals surface area contributed by atoms with Gasteiger partial charge in [0.2, 0.25) is 5.91 Å². The van der Waals surface area contributed by atoms with Crippen LogP contribution in [0.1, 0.15) is 51.5 Å². The minimum atomic E-state index is -0.187. The number of hydrogen-bond donors (Lipinski definition) is 1. The Labute approximate surface area is 149 Å². The van der Waals surface area contributed by atoms with Crippen molar-refractivity contribution < 1.29 is 4.79 Å². The molecule has 1 amide bonds. The van der Waals surface area contributed by atoms with Crippen molar-refractivity contribution in [3.05, 3.63) is 29.8 Å². The number of nitrogens with one attached hydrogen (secondary N) is 1. The molecule has 2 atom stereocenters. The third kappa shape index (κ3) is 4.95. The number of thiocarbonyl (C=S) groups is 1. The molecule has 1 saturated heterocycles. The fraction of sp³-hybridized carbons (Fsp3) is 0.556. The zero-order chi connectivity index (χ0) is 16.8. The van der Waals surface area contributed by atoms with E-state index in [4.69, 9.17) is 12.2 Å². The Bertz CT molecular complexity index is 556. The number of amides is 1. The molecule has 2 rings (SSSR count). The highest BCUT2D eigenvalue weighted by Crippen LogP contribution is 2.27. The second kappa shape index (κ2) is 8.69. The topological polar surface area (TPSA) is 32.3 Å². The zero-order valence-electron chi connectivity index (χ0n) is 14.2. The summed E-state index contributed by atoms with van der Waals surface area (Å²) in [6.45, 7) is 8.32. The number of carbonyl (C=O) groups excluding carboxylic acids is 1. The number of hydrogen-bond acceptors (Lipinski definition) is 3. The number of thioether (sulfide) groups is 1. The molecule has 1 heterocycles. The molecule has 0 saturated carbocycles. The summed E-state index contributed by atoms with van der Waals surface area (Å²) in [6.07, 6.45) is 3.45. The van der Waals surface area contributed by atoms with Crippen LogP contribution in [0, 0.1) is 0 Å². The minimum Gasteiger partial charge on any atom is -0.358 e. The molecule has 5 heteroatoms. The summed E-state index contributed by atoms with van der Waals surface area (Å²) in [4.78, 5) is 14.7. The molecule has 1 aromatic carbocycles. The number of carbonyl (C=O) groups is 1. The average Bonchev–Trinajstić information content (AvgIpc) is 3.09. The fourth-order valence-corrected chi connectivity index (χ4v) is 4.09. The minimum absolute atomic E-state index is 0.0206. The molecule has 0 radical (unpaired) electrons. The Morgan fingerprint density at radius 1 is 1.30 bits per heavy atom. The van der Waals surface area contributed by atoms with Gasteiger partial charge in [0.05, 0.1) is 5.25 Å². The summed E-state index contributed by atoms with van der Waals surface area (Å²) in [6, 6.07) is 8.07. The van der Waals surface area contributed by atoms with E-state index in [1.807, 2.05) is 25.1 Å². The SMILES string of the molecule is CC[C@@H](C)c1ccccc1NC(=O)[C@@H](C)SC(=S)N1CCCC1. The molecule has 1 aliphatic heterocycles. The molecule has 0 aliphatic carbocycles. The van der Waals surface area contributed by atoms with Gasteiger partial charge in [-0.05, 0) is 43.7 Å². The molecule has 126 valence electrons. The van der Waals surface area contributed by atoms with Gasteiger partial charge in [-0.1, -0.05) is 56.0 Å². The first kappa shape index (κ1) is 18.3. The van der Waals surface area contributed by atoms with Crippen LogP contribution in [0.15, 0.2) is 24.3 Å². The highest BCUT2D eigenvalue weighted by atomic mass is 32.2. The monoisotopic (exact) mass is 350 g/mol. The van der Waals surface area contributed by atoms with Gasteiger partial charge in [-0.2, -0.15) is 0 Å². The summed E-state index contributed by atoms with van der Waals surface area (Å²) in [7, 11) is 0. The number of para-hydroxylation sites is 1. The molecule has 3 nitrogen and oxygen atoms in total. The summed E-state index contributed by atoms with van der Waals surface area (Å²) in [5.41, 5.74) is 2.12. The second-order valence-electron chi connectivity index (χ2n) is 6.11. The van der Waals surface area contributed by atoms with Gasteiger partial charge in [0.15, 0.2) is 0 Å². The highest BCUT2D eigenvalue weighted by Gasteiger charge is 2.22. The molecule has 0 aromatic heterocycles. The first-order valence-corrected chi connectivity index (χ1v) is 9.67. The molecule has 23 heavy (non-hydrogen) atoms. The standard InChI is InChI=1S/C18H26N2OS2/c1-4-13(2)15-9-5-6-10-16(15)19-17(21)14(3)23-18(22)20-11-7-8-12-20/h5-6,9-10,13-14H,4,7-8,11-12H2,1-3H3,(H,19,21)/t13-,14-/m1/s1. The fourth-order valence-electron chi connectivity index (χ4n) is 2.67. The lowest BCUT2D eigenvalue weighted by Gasteiger charge is -2.21. The van der Waals surface area contributed by atoms with Crippen molar-refractivity contribution >= 4 is 39.9 Å². The van der Waals surface area contributed by atoms with Crippen LogP contribution in [-0.4, -0.2) is 33.5 Å². The van der Waals surface area contributed by atoms with E-state index >= 15 is 0 Å². The number of benzene rings is 1. The number of rotatable bonds is 5. The van der Waals surface area contributed by atoms with Crippen LogP contribution in [0.2, 0.25) is 0 Å². The van der Waals surface area contributed by atoms with E-state index in [9.17, 15) is 4.79 Å². The van der Waals surface area contributed by atoms with E-state index in [1.165, 1.54) is 30.2 Å². The Kier molecular flexibility index (Phi) is 6.90. The van der Waals surface area contributed by atoms with Crippen molar-refractivity contribution in [1.82, 2.24) is 4.90 Å². The Morgan fingerprint density at radius 2 is 1.96 bits per heavy atom. The smallest absolute Gasteiger partial charge is 0.237 e. The summed E-state index contributed by atoms with van der Waals surface area (Å²) >= 11 is 6.96. The van der Waals surface area contributed by atoms with Crippen LogP contribution in [0.4, 0.5) is 5.69 Å². The summed E-state index contributed by atoms with van der Waals surface area (Å²) < 4.78 is 0.848. The van der Waals surface area contributed by atoms with Crippen LogP contribution in [-0.2, 0) is 4.79 Å². The molecule has 1 fully saturated rings. The third-order valence-electron chi connectivity index (χ3n) is 4.37. The van der Waals surface area contributed by atoms with Crippen LogP contribution in [0.3, 0.4) is 0 Å². The van der Waals surface area contributed by atoms with Gasteiger partial charge < -0.3 is 10.2 Å². The van der Waals surface area contributed by atoms with Crippen LogP contribution in [0.25, 0.3) is 0 Å². The number of nitrogens with zero attached hydrogens (tertiary/aromatic N) is 1. The van der Waals surface area contributed by atoms with Crippen LogP contribution in [0.5, 0.6) is 0 Å². The van der Waals surface area contributed by atoms with E-state index in [0.29, 0.717) is 5.92 Å². The largest absolute Gasteiger partial charge is 0.358 e. The molecule has 1 aromatic rings. The molecule has 0 bridgehead atoms. The Morgan fingerprint density at radius 3 is 2.61 bits per heavy atom. The lowest BCUT2D eigenvalue weighted by molar-refractivity contribution is -0.115. The van der Waals surface area contributed by atoms with E-state index < -0.39 is 0 Å². The van der Waals surface area contributed by atoms with Gasteiger partial charge in [-0.15, -0.1) is 0 Å². The first-order valence-electron chi connectivity index (χ1n) is 8.38. The number of likely N-dealkylation sites (tertiary alicyclic amines) is 1. The molecule has 0 spiro atoms. The maximum atomic E-state index is 12.5. The van der Waals surface area contributed by atoms with Gasteiger partial charge in [0.25, 0.3) is 0 Å². The van der Waals surface area contributed by atoms with E-state index in [2.05, 4.69) is 30.1 Å². The molecule has 1 aliphatic rings. The van der Waals surface area contributed by atoms with Crippen molar-refractivity contribution in [1.29, 1.82) is 0 Å². The maximum Gasteiger partial charge on any atom is 0.237 e. The lowest BCUT2D eigenvalue weighted by atomic mass is 9.97. The van der Waals surface area contributed by atoms with Gasteiger partial charge >= 0.3 is 0 Å². The zero-order valence-corrected chi connectivity index (χ0v) is 15.8. The molecule has 0 unspecified atom stereocenters. The normalized spacial score (nSPS) is 16.9. The Hall–Kier alpha value is -1.07. The van der Waals surface area contributed by atoms with Crippen molar-refractivity contribution in [2.24, 2.45) is 0 Å². The number of anilines is 1. The van der Waals surface area contributed by atoms with E-state index in [1.54, 1.807) is 0 Å². The molecular weight excluding hydrogens is 324 g/mol. The molecule has 1 N–H and O–H groups in total. The lowest BCUT2D eigenvalue weighted by Crippen LogP contribution is -2.29. The van der Waals surface area contributed by atoms with Crippen molar-refractivity contribution in [2.75, 3.05) is 18.4 Å². The van der Waals surface area contributed by atoms with Gasteiger partial charge in [-0.3, -0.25) is 4.79 Å². The van der Waals surface area contributed by atoms with E-state index in [-0.39, 0.29) is 11.2 Å².